The Morgan fingerprint density at radius 2 is 1.77 bits per heavy atom. The van der Waals surface area contributed by atoms with Crippen LogP contribution >= 0.6 is 0 Å². The van der Waals surface area contributed by atoms with E-state index in [1.807, 2.05) is 37.3 Å². The van der Waals surface area contributed by atoms with Crippen molar-refractivity contribution in [2.24, 2.45) is 5.73 Å². The van der Waals surface area contributed by atoms with Gasteiger partial charge in [0.25, 0.3) is 5.91 Å². The highest BCUT2D eigenvalue weighted by Gasteiger charge is 2.19. The molecule has 0 spiro atoms. The van der Waals surface area contributed by atoms with Crippen LogP contribution in [0.1, 0.15) is 34.2 Å². The quantitative estimate of drug-likeness (QED) is 0.308. The predicted molar refractivity (Wildman–Crippen MR) is 117 cm³/mol. The number of hydrogen-bond donors (Lipinski definition) is 5. The van der Waals surface area contributed by atoms with Crippen LogP contribution in [0.15, 0.2) is 60.7 Å². The molecule has 7 heteroatoms. The Balaban J connectivity index is 1.57. The van der Waals surface area contributed by atoms with Gasteiger partial charge >= 0.3 is 0 Å². The maximum Gasteiger partial charge on any atom is 0.268 e. The molecule has 30 heavy (non-hydrogen) atoms. The van der Waals surface area contributed by atoms with E-state index in [2.05, 4.69) is 15.6 Å². The fourth-order valence-electron chi connectivity index (χ4n) is 3.08. The molecule has 1 aromatic heterocycles. The second-order valence-corrected chi connectivity index (χ2v) is 7.11. The molecule has 0 fully saturated rings. The molecule has 0 unspecified atom stereocenters. The third-order valence-electron chi connectivity index (χ3n) is 4.82. The lowest BCUT2D eigenvalue weighted by atomic mass is 10.1. The molecule has 154 valence electrons. The minimum Gasteiger partial charge on any atom is -0.384 e. The van der Waals surface area contributed by atoms with Gasteiger partial charge in [0, 0.05) is 23.4 Å². The molecule has 2 amide bonds. The molecule has 0 aliphatic rings. The zero-order chi connectivity index (χ0) is 21.7. The smallest absolute Gasteiger partial charge is 0.268 e. The second-order valence-electron chi connectivity index (χ2n) is 7.11. The Morgan fingerprint density at radius 1 is 1.10 bits per heavy atom. The summed E-state index contributed by atoms with van der Waals surface area (Å²) in [4.78, 5) is 28.0. The molecule has 0 aliphatic heterocycles. The number of amides is 2. The van der Waals surface area contributed by atoms with Crippen molar-refractivity contribution < 1.29 is 9.59 Å². The molecule has 1 atom stereocenters. The molecule has 1 heterocycles. The van der Waals surface area contributed by atoms with Crippen LogP contribution in [0.25, 0.3) is 11.1 Å². The van der Waals surface area contributed by atoms with Gasteiger partial charge in [-0.05, 0) is 31.0 Å². The summed E-state index contributed by atoms with van der Waals surface area (Å²) in [7, 11) is 0. The van der Waals surface area contributed by atoms with Crippen LogP contribution in [-0.2, 0) is 11.3 Å². The van der Waals surface area contributed by atoms with Gasteiger partial charge in [0.2, 0.25) is 5.91 Å². The number of H-pyrrole nitrogens is 1. The van der Waals surface area contributed by atoms with Crippen molar-refractivity contribution in [3.63, 3.8) is 0 Å². The molecule has 0 radical (unpaired) electrons. The van der Waals surface area contributed by atoms with Crippen molar-refractivity contribution in [1.29, 1.82) is 5.41 Å². The molecule has 7 nitrogen and oxygen atoms in total. The molecular formula is C23H25N5O2. The summed E-state index contributed by atoms with van der Waals surface area (Å²) < 4.78 is 0. The minimum absolute atomic E-state index is 0.00287. The largest absolute Gasteiger partial charge is 0.384 e. The van der Waals surface area contributed by atoms with E-state index >= 15 is 0 Å². The van der Waals surface area contributed by atoms with E-state index in [0.29, 0.717) is 17.8 Å². The maximum absolute atomic E-state index is 12.6. The van der Waals surface area contributed by atoms with E-state index in [1.165, 1.54) is 0 Å². The topological polar surface area (TPSA) is 124 Å². The Morgan fingerprint density at radius 3 is 2.40 bits per heavy atom. The Hall–Kier alpha value is -3.87. The van der Waals surface area contributed by atoms with Crippen molar-refractivity contribution in [3.05, 3.63) is 83.2 Å². The van der Waals surface area contributed by atoms with Crippen molar-refractivity contribution >= 4 is 17.6 Å². The molecule has 0 bridgehead atoms. The monoisotopic (exact) mass is 403 g/mol. The average Bonchev–Trinajstić information content (AvgIpc) is 3.14. The van der Waals surface area contributed by atoms with Crippen molar-refractivity contribution in [2.45, 2.75) is 26.4 Å². The number of nitrogen functional groups attached to an aromatic ring is 1. The van der Waals surface area contributed by atoms with Gasteiger partial charge in [-0.25, -0.2) is 0 Å². The van der Waals surface area contributed by atoms with Gasteiger partial charge in [-0.3, -0.25) is 15.0 Å². The number of benzene rings is 2. The number of nitrogens with one attached hydrogen (secondary N) is 4. The number of amidine groups is 1. The van der Waals surface area contributed by atoms with E-state index in [0.717, 1.165) is 22.4 Å². The first-order valence-corrected chi connectivity index (χ1v) is 9.62. The first kappa shape index (κ1) is 20.9. The van der Waals surface area contributed by atoms with Gasteiger partial charge in [0.15, 0.2) is 0 Å². The average molecular weight is 403 g/mol. The molecule has 6 N–H and O–H groups in total. The van der Waals surface area contributed by atoms with Crippen LogP contribution in [-0.4, -0.2) is 28.7 Å². The third kappa shape index (κ3) is 4.94. The van der Waals surface area contributed by atoms with Gasteiger partial charge < -0.3 is 21.4 Å². The number of carbonyl (C=O) groups is 2. The molecular weight excluding hydrogens is 378 g/mol. The molecule has 3 rings (SSSR count). The third-order valence-corrected chi connectivity index (χ3v) is 4.82. The standard InChI is InChI=1S/C23H25N5O2/c1-14-19(17-6-4-3-5-7-17)12-20(27-14)23(30)28-15(2)22(29)26-13-16-8-10-18(11-9-16)21(24)25/h3-12,15,27H,13H2,1-2H3,(H3,24,25)(H,26,29)(H,28,30)/t15-/m0/s1. The lowest BCUT2D eigenvalue weighted by Crippen LogP contribution is -2.44. The fourth-order valence-corrected chi connectivity index (χ4v) is 3.08. The molecule has 3 aromatic rings. The molecule has 0 aliphatic carbocycles. The summed E-state index contributed by atoms with van der Waals surface area (Å²) in [5.74, 6) is -0.629. The highest BCUT2D eigenvalue weighted by Crippen LogP contribution is 2.24. The summed E-state index contributed by atoms with van der Waals surface area (Å²) in [6.45, 7) is 3.86. The number of aromatic amines is 1. The van der Waals surface area contributed by atoms with Crippen molar-refractivity contribution in [2.75, 3.05) is 0 Å². The highest BCUT2D eigenvalue weighted by atomic mass is 16.2. The van der Waals surface area contributed by atoms with Crippen LogP contribution in [0, 0.1) is 12.3 Å². The lowest BCUT2D eigenvalue weighted by Gasteiger charge is -2.14. The first-order chi connectivity index (χ1) is 14.3. The van der Waals surface area contributed by atoms with E-state index in [9.17, 15) is 9.59 Å². The van der Waals surface area contributed by atoms with E-state index < -0.39 is 6.04 Å². The SMILES string of the molecule is Cc1[nH]c(C(=O)N[C@@H](C)C(=O)NCc2ccc(C(=N)N)cc2)cc1-c1ccccc1. The maximum atomic E-state index is 12.6. The predicted octanol–water partition coefficient (Wildman–Crippen LogP) is 2.71. The van der Waals surface area contributed by atoms with Crippen LogP contribution in [0.4, 0.5) is 0 Å². The van der Waals surface area contributed by atoms with E-state index in [1.54, 1.807) is 37.3 Å². The summed E-state index contributed by atoms with van der Waals surface area (Å²) in [5.41, 5.74) is 10.2. The Labute approximate surface area is 175 Å². The Kier molecular flexibility index (Phi) is 6.32. The molecule has 0 saturated heterocycles. The van der Waals surface area contributed by atoms with Gasteiger partial charge in [-0.1, -0.05) is 54.6 Å². The van der Waals surface area contributed by atoms with Gasteiger partial charge in [-0.15, -0.1) is 0 Å². The Bertz CT molecular complexity index is 1050. The highest BCUT2D eigenvalue weighted by molar-refractivity contribution is 5.97. The second kappa shape index (κ2) is 9.09. The van der Waals surface area contributed by atoms with Crippen LogP contribution in [0.2, 0.25) is 0 Å². The number of rotatable bonds is 7. The summed E-state index contributed by atoms with van der Waals surface area (Å²) in [6, 6.07) is 18.0. The zero-order valence-electron chi connectivity index (χ0n) is 17.0. The van der Waals surface area contributed by atoms with E-state index in [-0.39, 0.29) is 17.6 Å². The van der Waals surface area contributed by atoms with Crippen molar-refractivity contribution in [3.8, 4) is 11.1 Å². The molecule has 0 saturated carbocycles. The van der Waals surface area contributed by atoms with Crippen LogP contribution < -0.4 is 16.4 Å². The number of hydrogen-bond acceptors (Lipinski definition) is 3. The van der Waals surface area contributed by atoms with E-state index in [4.69, 9.17) is 11.1 Å². The summed E-state index contributed by atoms with van der Waals surface area (Å²) >= 11 is 0. The van der Waals surface area contributed by atoms with Gasteiger partial charge in [0.05, 0.1) is 0 Å². The lowest BCUT2D eigenvalue weighted by molar-refractivity contribution is -0.122. The zero-order valence-corrected chi connectivity index (χ0v) is 17.0. The number of aromatic nitrogens is 1. The van der Waals surface area contributed by atoms with Crippen LogP contribution in [0.5, 0.6) is 0 Å². The van der Waals surface area contributed by atoms with Crippen molar-refractivity contribution in [1.82, 2.24) is 15.6 Å². The normalized spacial score (nSPS) is 11.5. The number of nitrogens with two attached hydrogens (primary N) is 1. The fraction of sp³-hybridized carbons (Fsp3) is 0.174. The summed E-state index contributed by atoms with van der Waals surface area (Å²) in [6.07, 6.45) is 0. The number of carbonyl (C=O) groups excluding carboxylic acids is 2. The minimum atomic E-state index is -0.697. The number of aryl methyl sites for hydroxylation is 1. The van der Waals surface area contributed by atoms with Crippen LogP contribution in [0.3, 0.4) is 0 Å². The first-order valence-electron chi connectivity index (χ1n) is 9.62. The molecule has 2 aromatic carbocycles. The summed E-state index contributed by atoms with van der Waals surface area (Å²) in [5, 5.41) is 12.9. The van der Waals surface area contributed by atoms with Gasteiger partial charge in [-0.2, -0.15) is 0 Å². The van der Waals surface area contributed by atoms with Gasteiger partial charge in [0.1, 0.15) is 17.6 Å².